The second kappa shape index (κ2) is 11.9. The summed E-state index contributed by atoms with van der Waals surface area (Å²) in [5.74, 6) is 8.28. The number of hydrogen-bond donors (Lipinski definition) is 0. The molecule has 3 rings (SSSR count). The summed E-state index contributed by atoms with van der Waals surface area (Å²) in [4.78, 5) is 0. The van der Waals surface area contributed by atoms with Gasteiger partial charge < -0.3 is 0 Å². The monoisotopic (exact) mass is 404 g/mol. The van der Waals surface area contributed by atoms with Crippen molar-refractivity contribution in [3.05, 3.63) is 59.4 Å². The lowest BCUT2D eigenvalue weighted by molar-refractivity contribution is 0.296. The van der Waals surface area contributed by atoms with Gasteiger partial charge >= 0.3 is 0 Å². The van der Waals surface area contributed by atoms with Gasteiger partial charge in [-0.05, 0) is 79.3 Å². The highest BCUT2D eigenvalue weighted by Crippen LogP contribution is 2.31. The first kappa shape index (κ1) is 22.6. The molecular formula is C29H37F. The van der Waals surface area contributed by atoms with E-state index in [9.17, 15) is 4.39 Å². The van der Waals surface area contributed by atoms with Crippen LogP contribution in [0.4, 0.5) is 4.39 Å². The fourth-order valence-electron chi connectivity index (χ4n) is 4.51. The van der Waals surface area contributed by atoms with Gasteiger partial charge in [0.05, 0.1) is 0 Å². The Hall–Kier alpha value is -2.07. The van der Waals surface area contributed by atoms with Crippen LogP contribution in [0.1, 0.15) is 89.2 Å². The zero-order valence-corrected chi connectivity index (χ0v) is 18.9. The molecule has 2 aromatic carbocycles. The lowest BCUT2D eigenvalue weighted by atomic mass is 9.80. The minimum Gasteiger partial charge on any atom is -0.207 e. The lowest BCUT2D eigenvalue weighted by Crippen LogP contribution is -2.13. The second-order valence-electron chi connectivity index (χ2n) is 8.97. The average Bonchev–Trinajstić information content (AvgIpc) is 2.78. The van der Waals surface area contributed by atoms with Crippen molar-refractivity contribution in [2.24, 2.45) is 11.8 Å². The van der Waals surface area contributed by atoms with E-state index >= 15 is 0 Å². The fourth-order valence-corrected chi connectivity index (χ4v) is 4.51. The van der Waals surface area contributed by atoms with Gasteiger partial charge in [-0.15, -0.1) is 0 Å². The van der Waals surface area contributed by atoms with Crippen molar-refractivity contribution in [1.29, 1.82) is 0 Å². The average molecular weight is 405 g/mol. The van der Waals surface area contributed by atoms with Crippen LogP contribution < -0.4 is 0 Å². The van der Waals surface area contributed by atoms with E-state index in [0.29, 0.717) is 5.92 Å². The van der Waals surface area contributed by atoms with Gasteiger partial charge in [0.2, 0.25) is 0 Å². The van der Waals surface area contributed by atoms with Crippen molar-refractivity contribution in [3.63, 3.8) is 0 Å². The summed E-state index contributed by atoms with van der Waals surface area (Å²) < 4.78 is 14.4. The highest BCUT2D eigenvalue weighted by molar-refractivity contribution is 5.65. The Kier molecular flexibility index (Phi) is 9.00. The number of benzene rings is 2. The molecule has 2 aromatic rings. The van der Waals surface area contributed by atoms with Crippen molar-refractivity contribution in [1.82, 2.24) is 0 Å². The highest BCUT2D eigenvalue weighted by atomic mass is 19.1. The zero-order valence-electron chi connectivity index (χ0n) is 18.9. The summed E-state index contributed by atoms with van der Waals surface area (Å²) >= 11 is 0. The first-order chi connectivity index (χ1) is 14.7. The van der Waals surface area contributed by atoms with Gasteiger partial charge in [-0.2, -0.15) is 0 Å². The molecule has 1 fully saturated rings. The molecule has 0 saturated heterocycles. The van der Waals surface area contributed by atoms with Crippen LogP contribution in [0.3, 0.4) is 0 Å². The van der Waals surface area contributed by atoms with E-state index in [1.807, 2.05) is 12.1 Å². The van der Waals surface area contributed by atoms with Crippen LogP contribution in [0.15, 0.2) is 42.5 Å². The van der Waals surface area contributed by atoms with E-state index in [4.69, 9.17) is 0 Å². The third-order valence-corrected chi connectivity index (χ3v) is 6.55. The minimum atomic E-state index is -0.0815. The van der Waals surface area contributed by atoms with Crippen LogP contribution in [-0.4, -0.2) is 0 Å². The topological polar surface area (TPSA) is 0 Å². The predicted octanol–water partition coefficient (Wildman–Crippen LogP) is 8.57. The maximum Gasteiger partial charge on any atom is 0.127 e. The largest absolute Gasteiger partial charge is 0.207 e. The molecule has 1 aliphatic rings. The minimum absolute atomic E-state index is 0.0815. The van der Waals surface area contributed by atoms with Crippen molar-refractivity contribution in [2.45, 2.75) is 84.5 Å². The Labute approximate surface area is 183 Å². The molecule has 1 saturated carbocycles. The van der Waals surface area contributed by atoms with E-state index in [2.05, 4.69) is 50.0 Å². The van der Waals surface area contributed by atoms with E-state index < -0.39 is 0 Å². The quantitative estimate of drug-likeness (QED) is 0.305. The lowest BCUT2D eigenvalue weighted by Gasteiger charge is -2.25. The van der Waals surface area contributed by atoms with Gasteiger partial charge in [-0.3, -0.25) is 0 Å². The third kappa shape index (κ3) is 6.73. The number of halogens is 1. The third-order valence-electron chi connectivity index (χ3n) is 6.55. The molecular weight excluding hydrogens is 367 g/mol. The summed E-state index contributed by atoms with van der Waals surface area (Å²) in [6, 6.07) is 13.9. The molecule has 0 unspecified atom stereocenters. The van der Waals surface area contributed by atoms with E-state index in [1.165, 1.54) is 44.9 Å². The van der Waals surface area contributed by atoms with Gasteiger partial charge in [0.1, 0.15) is 5.82 Å². The Bertz CT molecular complexity index is 829. The van der Waals surface area contributed by atoms with Crippen molar-refractivity contribution < 1.29 is 4.39 Å². The van der Waals surface area contributed by atoms with E-state index in [-0.39, 0.29) is 5.82 Å². The van der Waals surface area contributed by atoms with Crippen molar-refractivity contribution in [3.8, 4) is 23.0 Å². The number of rotatable bonds is 8. The molecule has 30 heavy (non-hydrogen) atoms. The zero-order chi connectivity index (χ0) is 21.2. The van der Waals surface area contributed by atoms with E-state index in [1.54, 1.807) is 6.07 Å². The Morgan fingerprint density at radius 1 is 0.833 bits per heavy atom. The van der Waals surface area contributed by atoms with Crippen LogP contribution in [0.2, 0.25) is 0 Å². The standard InChI is InChI=1S/C29H37F/c1-3-5-7-9-27-20-21-28(22-29(27)30)26-18-16-25(17-19-26)15-14-24-12-10-23(11-13-24)8-6-4-2/h16-24H,3-13H2,1-2H3/t23-,24-. The number of unbranched alkanes of at least 4 members (excludes halogenated alkanes) is 3. The first-order valence-corrected chi connectivity index (χ1v) is 12.1. The molecule has 0 bridgehead atoms. The molecule has 160 valence electrons. The number of aryl methyl sites for hydroxylation is 1. The molecule has 0 heterocycles. The van der Waals surface area contributed by atoms with Crippen LogP contribution >= 0.6 is 0 Å². The van der Waals surface area contributed by atoms with Gasteiger partial charge in [0.15, 0.2) is 0 Å². The van der Waals surface area contributed by atoms with Gasteiger partial charge in [-0.1, -0.05) is 82.1 Å². The van der Waals surface area contributed by atoms with Crippen LogP contribution in [0.5, 0.6) is 0 Å². The second-order valence-corrected chi connectivity index (χ2v) is 8.97. The molecule has 0 nitrogen and oxygen atoms in total. The maximum absolute atomic E-state index is 14.4. The summed E-state index contributed by atoms with van der Waals surface area (Å²) in [5, 5.41) is 0. The van der Waals surface area contributed by atoms with Crippen LogP contribution in [-0.2, 0) is 6.42 Å². The Balaban J connectivity index is 1.56. The Morgan fingerprint density at radius 3 is 2.20 bits per heavy atom. The SMILES string of the molecule is CCCCCc1ccc(-c2ccc(C#C[C@H]3CC[C@H](CCCC)CC3)cc2)cc1F. The molecule has 0 N–H and O–H groups in total. The summed E-state index contributed by atoms with van der Waals surface area (Å²) in [6.07, 6.45) is 13.5. The van der Waals surface area contributed by atoms with Gasteiger partial charge in [-0.25, -0.2) is 4.39 Å². The molecule has 1 aliphatic carbocycles. The first-order valence-electron chi connectivity index (χ1n) is 12.1. The Morgan fingerprint density at radius 2 is 1.53 bits per heavy atom. The fraction of sp³-hybridized carbons (Fsp3) is 0.517. The van der Waals surface area contributed by atoms with Crippen LogP contribution in [0, 0.1) is 29.5 Å². The summed E-state index contributed by atoms with van der Waals surface area (Å²) in [5.41, 5.74) is 3.88. The molecule has 0 aromatic heterocycles. The normalized spacial score (nSPS) is 18.6. The molecule has 0 spiro atoms. The number of hydrogen-bond acceptors (Lipinski definition) is 0. The molecule has 1 heteroatoms. The molecule has 0 aliphatic heterocycles. The molecule has 0 radical (unpaired) electrons. The van der Waals surface area contributed by atoms with Gasteiger partial charge in [0, 0.05) is 11.5 Å². The van der Waals surface area contributed by atoms with Gasteiger partial charge in [0.25, 0.3) is 0 Å². The summed E-state index contributed by atoms with van der Waals surface area (Å²) in [7, 11) is 0. The van der Waals surface area contributed by atoms with E-state index in [0.717, 1.165) is 53.9 Å². The maximum atomic E-state index is 14.4. The molecule has 0 amide bonds. The van der Waals surface area contributed by atoms with Crippen LogP contribution in [0.25, 0.3) is 11.1 Å². The molecule has 0 atom stereocenters. The predicted molar refractivity (Wildman–Crippen MR) is 127 cm³/mol. The van der Waals surface area contributed by atoms with Crippen molar-refractivity contribution >= 4 is 0 Å². The highest BCUT2D eigenvalue weighted by Gasteiger charge is 2.19. The summed E-state index contributed by atoms with van der Waals surface area (Å²) in [6.45, 7) is 4.45. The smallest absolute Gasteiger partial charge is 0.127 e. The van der Waals surface area contributed by atoms with Crippen molar-refractivity contribution in [2.75, 3.05) is 0 Å².